The maximum absolute atomic E-state index is 12.5. The first kappa shape index (κ1) is 17.1. The SMILES string of the molecule is COc1c(C(=O)N[C@H](C)Cc2cc(C)cc(C)c2)c(C)nn1C. The average Bonchev–Trinajstić information content (AvgIpc) is 2.71. The third-order valence-corrected chi connectivity index (χ3v) is 3.79. The second kappa shape index (κ2) is 6.86. The van der Waals surface area contributed by atoms with Crippen LogP contribution in [0.5, 0.6) is 5.88 Å². The van der Waals surface area contributed by atoms with Gasteiger partial charge in [0.25, 0.3) is 5.91 Å². The number of nitrogens with zero attached hydrogens (tertiary/aromatic N) is 2. The van der Waals surface area contributed by atoms with Gasteiger partial charge >= 0.3 is 0 Å². The second-order valence-electron chi connectivity index (χ2n) is 6.17. The van der Waals surface area contributed by atoms with Crippen molar-refractivity contribution in [2.24, 2.45) is 7.05 Å². The van der Waals surface area contributed by atoms with Gasteiger partial charge in [0.05, 0.1) is 12.8 Å². The number of benzene rings is 1. The number of aryl methyl sites for hydroxylation is 4. The van der Waals surface area contributed by atoms with Gasteiger partial charge in [-0.2, -0.15) is 5.10 Å². The molecule has 0 spiro atoms. The van der Waals surface area contributed by atoms with Gasteiger partial charge in [0.1, 0.15) is 5.56 Å². The highest BCUT2D eigenvalue weighted by molar-refractivity contribution is 5.97. The van der Waals surface area contributed by atoms with E-state index in [-0.39, 0.29) is 11.9 Å². The van der Waals surface area contributed by atoms with Crippen LogP contribution >= 0.6 is 0 Å². The molecule has 0 aliphatic heterocycles. The van der Waals surface area contributed by atoms with Crippen molar-refractivity contribution in [2.75, 3.05) is 7.11 Å². The van der Waals surface area contributed by atoms with Gasteiger partial charge in [-0.05, 0) is 39.7 Å². The zero-order valence-electron chi connectivity index (χ0n) is 14.7. The molecule has 0 saturated heterocycles. The quantitative estimate of drug-likeness (QED) is 0.923. The number of amides is 1. The molecule has 0 radical (unpaired) electrons. The molecule has 2 aromatic rings. The molecule has 5 nitrogen and oxygen atoms in total. The van der Waals surface area contributed by atoms with E-state index in [2.05, 4.69) is 42.5 Å². The highest BCUT2D eigenvalue weighted by Crippen LogP contribution is 2.21. The lowest BCUT2D eigenvalue weighted by Crippen LogP contribution is -2.34. The van der Waals surface area contributed by atoms with E-state index in [1.807, 2.05) is 13.8 Å². The van der Waals surface area contributed by atoms with Gasteiger partial charge in [-0.1, -0.05) is 29.3 Å². The fraction of sp³-hybridized carbons (Fsp3) is 0.444. The lowest BCUT2D eigenvalue weighted by atomic mass is 10.0. The highest BCUT2D eigenvalue weighted by Gasteiger charge is 2.22. The molecule has 1 aromatic carbocycles. The Labute approximate surface area is 137 Å². The first-order valence-electron chi connectivity index (χ1n) is 7.77. The van der Waals surface area contributed by atoms with Crippen LogP contribution in [0, 0.1) is 20.8 Å². The van der Waals surface area contributed by atoms with E-state index in [9.17, 15) is 4.79 Å². The van der Waals surface area contributed by atoms with Gasteiger partial charge in [0.2, 0.25) is 5.88 Å². The molecule has 1 aromatic heterocycles. The Hall–Kier alpha value is -2.30. The molecule has 1 N–H and O–H groups in total. The predicted octanol–water partition coefficient (Wildman–Crippen LogP) is 2.71. The molecule has 0 aliphatic carbocycles. The molecule has 1 atom stereocenters. The fourth-order valence-electron chi connectivity index (χ4n) is 3.02. The Kier molecular flexibility index (Phi) is 5.08. The van der Waals surface area contributed by atoms with Crippen molar-refractivity contribution in [1.82, 2.24) is 15.1 Å². The molecule has 1 heterocycles. The monoisotopic (exact) mass is 315 g/mol. The minimum atomic E-state index is -0.149. The van der Waals surface area contributed by atoms with Crippen LogP contribution in [0.2, 0.25) is 0 Å². The molecule has 0 saturated carbocycles. The van der Waals surface area contributed by atoms with Crippen molar-refractivity contribution in [1.29, 1.82) is 0 Å². The summed E-state index contributed by atoms with van der Waals surface area (Å²) in [5, 5.41) is 7.29. The zero-order chi connectivity index (χ0) is 17.1. The summed E-state index contributed by atoms with van der Waals surface area (Å²) in [7, 11) is 3.31. The van der Waals surface area contributed by atoms with Crippen LogP contribution in [-0.4, -0.2) is 28.8 Å². The summed E-state index contributed by atoms with van der Waals surface area (Å²) < 4.78 is 6.87. The van der Waals surface area contributed by atoms with E-state index < -0.39 is 0 Å². The molecule has 5 heteroatoms. The number of aromatic nitrogens is 2. The first-order valence-corrected chi connectivity index (χ1v) is 7.77. The lowest BCUT2D eigenvalue weighted by Gasteiger charge is -2.15. The Balaban J connectivity index is 2.11. The molecule has 0 fully saturated rings. The Morgan fingerprint density at radius 2 is 1.87 bits per heavy atom. The fourth-order valence-corrected chi connectivity index (χ4v) is 3.02. The Morgan fingerprint density at radius 1 is 1.26 bits per heavy atom. The standard InChI is InChI=1S/C18H25N3O2/c1-11-7-12(2)9-15(8-11)10-13(3)19-17(22)16-14(4)20-21(5)18(16)23-6/h7-9,13H,10H2,1-6H3,(H,19,22)/t13-/m1/s1. The van der Waals surface area contributed by atoms with Gasteiger partial charge in [-0.3, -0.25) is 4.79 Å². The summed E-state index contributed by atoms with van der Waals surface area (Å²) in [6, 6.07) is 6.49. The Bertz CT molecular complexity index is 699. The number of ether oxygens (including phenoxy) is 1. The summed E-state index contributed by atoms with van der Waals surface area (Å²) in [5.41, 5.74) is 4.87. The van der Waals surface area contributed by atoms with Crippen molar-refractivity contribution in [3.8, 4) is 5.88 Å². The van der Waals surface area contributed by atoms with Crippen LogP contribution < -0.4 is 10.1 Å². The maximum Gasteiger partial charge on any atom is 0.258 e. The van der Waals surface area contributed by atoms with E-state index in [0.29, 0.717) is 17.1 Å². The molecular formula is C18H25N3O2. The molecule has 124 valence electrons. The van der Waals surface area contributed by atoms with Crippen LogP contribution in [0.4, 0.5) is 0 Å². The second-order valence-corrected chi connectivity index (χ2v) is 6.17. The number of hydrogen-bond donors (Lipinski definition) is 1. The largest absolute Gasteiger partial charge is 0.481 e. The van der Waals surface area contributed by atoms with Crippen LogP contribution in [0.15, 0.2) is 18.2 Å². The minimum absolute atomic E-state index is 0.0213. The number of hydrogen-bond acceptors (Lipinski definition) is 3. The number of carbonyl (C=O) groups is 1. The summed E-state index contributed by atoms with van der Waals surface area (Å²) in [6.07, 6.45) is 0.788. The van der Waals surface area contributed by atoms with Crippen LogP contribution in [0.3, 0.4) is 0 Å². The number of methoxy groups -OCH3 is 1. The highest BCUT2D eigenvalue weighted by atomic mass is 16.5. The van der Waals surface area contributed by atoms with Gasteiger partial charge in [-0.25, -0.2) is 4.68 Å². The summed E-state index contributed by atoms with van der Waals surface area (Å²) >= 11 is 0. The van der Waals surface area contributed by atoms with E-state index in [0.717, 1.165) is 6.42 Å². The molecular weight excluding hydrogens is 290 g/mol. The number of rotatable bonds is 5. The molecule has 23 heavy (non-hydrogen) atoms. The average molecular weight is 315 g/mol. The van der Waals surface area contributed by atoms with Crippen molar-refractivity contribution in [3.63, 3.8) is 0 Å². The van der Waals surface area contributed by atoms with E-state index in [4.69, 9.17) is 4.74 Å². The first-order chi connectivity index (χ1) is 10.8. The molecule has 0 bridgehead atoms. The van der Waals surface area contributed by atoms with Gasteiger partial charge in [-0.15, -0.1) is 0 Å². The maximum atomic E-state index is 12.5. The molecule has 0 aliphatic rings. The summed E-state index contributed by atoms with van der Waals surface area (Å²) in [6.45, 7) is 7.99. The Morgan fingerprint density at radius 3 is 2.43 bits per heavy atom. The lowest BCUT2D eigenvalue weighted by molar-refractivity contribution is 0.0936. The number of nitrogens with one attached hydrogen (secondary N) is 1. The molecule has 1 amide bonds. The van der Waals surface area contributed by atoms with Crippen LogP contribution in [0.1, 0.15) is 39.7 Å². The van der Waals surface area contributed by atoms with Crippen LogP contribution in [-0.2, 0) is 13.5 Å². The van der Waals surface area contributed by atoms with Gasteiger partial charge in [0.15, 0.2) is 0 Å². The smallest absolute Gasteiger partial charge is 0.258 e. The van der Waals surface area contributed by atoms with Crippen molar-refractivity contribution < 1.29 is 9.53 Å². The molecule has 2 rings (SSSR count). The zero-order valence-corrected chi connectivity index (χ0v) is 14.7. The number of carbonyl (C=O) groups excluding carboxylic acids is 1. The van der Waals surface area contributed by atoms with Crippen molar-refractivity contribution in [3.05, 3.63) is 46.1 Å². The van der Waals surface area contributed by atoms with E-state index >= 15 is 0 Å². The van der Waals surface area contributed by atoms with Gasteiger partial charge < -0.3 is 10.1 Å². The summed E-state index contributed by atoms with van der Waals surface area (Å²) in [5.74, 6) is 0.336. The van der Waals surface area contributed by atoms with E-state index in [1.165, 1.54) is 16.7 Å². The van der Waals surface area contributed by atoms with Crippen LogP contribution in [0.25, 0.3) is 0 Å². The molecule has 0 unspecified atom stereocenters. The van der Waals surface area contributed by atoms with Gasteiger partial charge in [0, 0.05) is 13.1 Å². The van der Waals surface area contributed by atoms with Crippen molar-refractivity contribution in [2.45, 2.75) is 40.2 Å². The van der Waals surface area contributed by atoms with Crippen molar-refractivity contribution >= 4 is 5.91 Å². The minimum Gasteiger partial charge on any atom is -0.481 e. The summed E-state index contributed by atoms with van der Waals surface area (Å²) in [4.78, 5) is 12.5. The normalized spacial score (nSPS) is 12.1. The third kappa shape index (κ3) is 3.92. The predicted molar refractivity (Wildman–Crippen MR) is 91.0 cm³/mol. The third-order valence-electron chi connectivity index (χ3n) is 3.79. The topological polar surface area (TPSA) is 56.1 Å². The van der Waals surface area contributed by atoms with E-state index in [1.54, 1.807) is 18.8 Å².